The zero-order valence-electron chi connectivity index (χ0n) is 12.0. The van der Waals surface area contributed by atoms with Crippen LogP contribution in [0.3, 0.4) is 0 Å². The topological polar surface area (TPSA) is 56.7 Å². The van der Waals surface area contributed by atoms with Gasteiger partial charge in [-0.2, -0.15) is 5.10 Å². The van der Waals surface area contributed by atoms with Gasteiger partial charge in [0.05, 0.1) is 22.6 Å². The highest BCUT2D eigenvalue weighted by Crippen LogP contribution is 2.28. The maximum Gasteiger partial charge on any atom is 0.0885 e. The molecule has 0 aliphatic carbocycles. The van der Waals surface area contributed by atoms with Gasteiger partial charge in [-0.3, -0.25) is 4.98 Å². The average Bonchev–Trinajstić information content (AvgIpc) is 2.74. The van der Waals surface area contributed by atoms with Crippen LogP contribution < -0.4 is 5.73 Å². The molecule has 0 unspecified atom stereocenters. The number of pyridine rings is 1. The maximum absolute atomic E-state index is 6.32. The van der Waals surface area contributed by atoms with Crippen molar-refractivity contribution in [2.45, 2.75) is 27.2 Å². The third kappa shape index (κ3) is 1.76. The van der Waals surface area contributed by atoms with Crippen molar-refractivity contribution in [2.75, 3.05) is 5.73 Å². The third-order valence-corrected chi connectivity index (χ3v) is 3.83. The number of hydrogen-bond acceptors (Lipinski definition) is 3. The molecule has 0 aliphatic heterocycles. The molecule has 0 fully saturated rings. The van der Waals surface area contributed by atoms with E-state index >= 15 is 0 Å². The normalized spacial score (nSPS) is 11.2. The van der Waals surface area contributed by atoms with Crippen LogP contribution in [-0.2, 0) is 6.42 Å². The lowest BCUT2D eigenvalue weighted by Crippen LogP contribution is -2.04. The summed E-state index contributed by atoms with van der Waals surface area (Å²) in [6.07, 6.45) is 2.76. The molecule has 3 rings (SSSR count). The van der Waals surface area contributed by atoms with E-state index in [1.54, 1.807) is 6.20 Å². The van der Waals surface area contributed by atoms with Gasteiger partial charge < -0.3 is 5.73 Å². The summed E-state index contributed by atoms with van der Waals surface area (Å²) in [4.78, 5) is 4.33. The molecule has 4 nitrogen and oxygen atoms in total. The number of nitrogens with zero attached hydrogens (tertiary/aromatic N) is 3. The number of rotatable bonds is 2. The van der Waals surface area contributed by atoms with Gasteiger partial charge in [0.1, 0.15) is 0 Å². The van der Waals surface area contributed by atoms with Crippen LogP contribution in [0.1, 0.15) is 23.9 Å². The second kappa shape index (κ2) is 4.63. The summed E-state index contributed by atoms with van der Waals surface area (Å²) in [7, 11) is 0. The van der Waals surface area contributed by atoms with E-state index in [4.69, 9.17) is 5.73 Å². The zero-order valence-corrected chi connectivity index (χ0v) is 12.0. The molecule has 0 saturated carbocycles. The Labute approximate surface area is 118 Å². The minimum Gasteiger partial charge on any atom is -0.396 e. The first-order valence-corrected chi connectivity index (χ1v) is 6.82. The molecule has 0 amide bonds. The molecule has 0 spiro atoms. The Kier molecular flexibility index (Phi) is 2.93. The van der Waals surface area contributed by atoms with Crippen LogP contribution in [0.15, 0.2) is 30.5 Å². The summed E-state index contributed by atoms with van der Waals surface area (Å²) in [5.74, 6) is 0. The van der Waals surface area contributed by atoms with Gasteiger partial charge in [-0.25, -0.2) is 4.68 Å². The molecule has 0 radical (unpaired) electrons. The van der Waals surface area contributed by atoms with E-state index in [1.807, 2.05) is 35.9 Å². The van der Waals surface area contributed by atoms with Crippen LogP contribution in [0.4, 0.5) is 5.69 Å². The summed E-state index contributed by atoms with van der Waals surface area (Å²) < 4.78 is 1.94. The lowest BCUT2D eigenvalue weighted by molar-refractivity contribution is 0.835. The lowest BCUT2D eigenvalue weighted by atomic mass is 10.1. The first-order valence-electron chi connectivity index (χ1n) is 6.82. The predicted octanol–water partition coefficient (Wildman–Crippen LogP) is 3.18. The SMILES string of the molecule is CCc1c(C)nn(-c2ccc3ncccc3c2N)c1C. The Morgan fingerprint density at radius 2 is 2.00 bits per heavy atom. The number of nitrogens with two attached hydrogens (primary N) is 1. The molecule has 0 atom stereocenters. The minimum absolute atomic E-state index is 0.726. The van der Waals surface area contributed by atoms with E-state index < -0.39 is 0 Å². The molecule has 20 heavy (non-hydrogen) atoms. The van der Waals surface area contributed by atoms with E-state index in [2.05, 4.69) is 23.9 Å². The van der Waals surface area contributed by atoms with Crippen molar-refractivity contribution in [3.05, 3.63) is 47.4 Å². The summed E-state index contributed by atoms with van der Waals surface area (Å²) in [6.45, 7) is 6.28. The van der Waals surface area contributed by atoms with Gasteiger partial charge in [0, 0.05) is 17.3 Å². The number of aromatic nitrogens is 3. The van der Waals surface area contributed by atoms with Gasteiger partial charge in [0.15, 0.2) is 0 Å². The van der Waals surface area contributed by atoms with E-state index in [0.717, 1.165) is 40.1 Å². The van der Waals surface area contributed by atoms with Crippen LogP contribution in [0.25, 0.3) is 16.6 Å². The number of fused-ring (bicyclic) bond motifs is 1. The van der Waals surface area contributed by atoms with Crippen LogP contribution in [-0.4, -0.2) is 14.8 Å². The van der Waals surface area contributed by atoms with Gasteiger partial charge in [-0.1, -0.05) is 6.92 Å². The maximum atomic E-state index is 6.32. The van der Waals surface area contributed by atoms with Crippen molar-refractivity contribution in [3.8, 4) is 5.69 Å². The average molecular weight is 266 g/mol. The second-order valence-electron chi connectivity index (χ2n) is 4.98. The Bertz CT molecular complexity index is 787. The van der Waals surface area contributed by atoms with Crippen LogP contribution in [0, 0.1) is 13.8 Å². The Morgan fingerprint density at radius 3 is 2.70 bits per heavy atom. The summed E-state index contributed by atoms with van der Waals surface area (Å²) in [6, 6.07) is 7.88. The van der Waals surface area contributed by atoms with Gasteiger partial charge in [0.25, 0.3) is 0 Å². The number of aryl methyl sites for hydroxylation is 1. The van der Waals surface area contributed by atoms with Crippen LogP contribution in [0.5, 0.6) is 0 Å². The van der Waals surface area contributed by atoms with Crippen molar-refractivity contribution < 1.29 is 0 Å². The highest BCUT2D eigenvalue weighted by Gasteiger charge is 2.14. The molecule has 2 aromatic heterocycles. The summed E-state index contributed by atoms with van der Waals surface area (Å²) >= 11 is 0. The first-order chi connectivity index (χ1) is 9.63. The molecule has 0 bridgehead atoms. The van der Waals surface area contributed by atoms with Gasteiger partial charge in [-0.15, -0.1) is 0 Å². The van der Waals surface area contributed by atoms with Crippen molar-refractivity contribution in [1.29, 1.82) is 0 Å². The summed E-state index contributed by atoms with van der Waals surface area (Å²) in [5.41, 5.74) is 12.4. The van der Waals surface area contributed by atoms with Crippen molar-refractivity contribution in [2.24, 2.45) is 0 Å². The van der Waals surface area contributed by atoms with E-state index in [1.165, 1.54) is 5.56 Å². The van der Waals surface area contributed by atoms with E-state index in [-0.39, 0.29) is 0 Å². The number of hydrogen-bond donors (Lipinski definition) is 1. The zero-order chi connectivity index (χ0) is 14.3. The highest BCUT2D eigenvalue weighted by atomic mass is 15.3. The molecule has 2 N–H and O–H groups in total. The smallest absolute Gasteiger partial charge is 0.0885 e. The molecular weight excluding hydrogens is 248 g/mol. The lowest BCUT2D eigenvalue weighted by Gasteiger charge is -2.10. The standard InChI is InChI=1S/C16H18N4/c1-4-12-10(2)19-20(11(12)3)15-8-7-14-13(16(15)17)6-5-9-18-14/h5-9H,4,17H2,1-3H3. The fourth-order valence-electron chi connectivity index (χ4n) is 2.77. The Morgan fingerprint density at radius 1 is 1.20 bits per heavy atom. The Hall–Kier alpha value is -2.36. The molecule has 2 heterocycles. The molecular formula is C16H18N4. The fourth-order valence-corrected chi connectivity index (χ4v) is 2.77. The summed E-state index contributed by atoms with van der Waals surface area (Å²) in [5, 5.41) is 5.60. The van der Waals surface area contributed by atoms with Gasteiger partial charge in [-0.05, 0) is 50.1 Å². The van der Waals surface area contributed by atoms with Crippen molar-refractivity contribution in [1.82, 2.24) is 14.8 Å². The molecule has 4 heteroatoms. The van der Waals surface area contributed by atoms with Crippen LogP contribution >= 0.6 is 0 Å². The molecule has 1 aromatic carbocycles. The number of anilines is 1. The quantitative estimate of drug-likeness (QED) is 0.725. The van der Waals surface area contributed by atoms with Gasteiger partial charge >= 0.3 is 0 Å². The highest BCUT2D eigenvalue weighted by molar-refractivity contribution is 5.94. The number of benzene rings is 1. The Balaban J connectivity index is 2.27. The first kappa shape index (κ1) is 12.7. The van der Waals surface area contributed by atoms with Crippen LogP contribution in [0.2, 0.25) is 0 Å². The number of nitrogen functional groups attached to an aromatic ring is 1. The van der Waals surface area contributed by atoms with E-state index in [0.29, 0.717) is 0 Å². The second-order valence-corrected chi connectivity index (χ2v) is 4.98. The fraction of sp³-hybridized carbons (Fsp3) is 0.250. The third-order valence-electron chi connectivity index (χ3n) is 3.83. The minimum atomic E-state index is 0.726. The van der Waals surface area contributed by atoms with E-state index in [9.17, 15) is 0 Å². The monoisotopic (exact) mass is 266 g/mol. The molecule has 0 aliphatic rings. The molecule has 3 aromatic rings. The van der Waals surface area contributed by atoms with Crippen molar-refractivity contribution in [3.63, 3.8) is 0 Å². The molecule has 102 valence electrons. The van der Waals surface area contributed by atoms with Crippen molar-refractivity contribution >= 4 is 16.6 Å². The van der Waals surface area contributed by atoms with Gasteiger partial charge in [0.2, 0.25) is 0 Å². The predicted molar refractivity (Wildman–Crippen MR) is 82.1 cm³/mol. The molecule has 0 saturated heterocycles. The largest absolute Gasteiger partial charge is 0.396 e.